The quantitative estimate of drug-likeness (QED) is 0.707. The van der Waals surface area contributed by atoms with Crippen molar-refractivity contribution in [1.29, 1.82) is 0 Å². The van der Waals surface area contributed by atoms with Crippen molar-refractivity contribution in [3.8, 4) is 0 Å². The van der Waals surface area contributed by atoms with E-state index in [9.17, 15) is 17.6 Å². The summed E-state index contributed by atoms with van der Waals surface area (Å²) in [5.41, 5.74) is 0.694. The van der Waals surface area contributed by atoms with E-state index >= 15 is 0 Å². The smallest absolute Gasteiger partial charge is 0.251 e. The van der Waals surface area contributed by atoms with Gasteiger partial charge < -0.3 is 5.32 Å². The van der Waals surface area contributed by atoms with Crippen molar-refractivity contribution in [2.45, 2.75) is 31.2 Å². The fraction of sp³-hybridized carbons (Fsp3) is 0.278. The Labute approximate surface area is 147 Å². The molecule has 0 bridgehead atoms. The maximum absolute atomic E-state index is 13.5. The van der Waals surface area contributed by atoms with Gasteiger partial charge in [-0.3, -0.25) is 4.79 Å². The SMILES string of the molecule is CCCCNS(=O)(=O)c1ccc(C(=O)NCc2ccccc2F)cc1. The minimum atomic E-state index is -3.57. The number of halogens is 1. The van der Waals surface area contributed by atoms with Crippen LogP contribution in [0.1, 0.15) is 35.7 Å². The first-order chi connectivity index (χ1) is 11.9. The molecule has 0 aromatic heterocycles. The molecule has 0 spiro atoms. The molecule has 7 heteroatoms. The zero-order chi connectivity index (χ0) is 18.3. The lowest BCUT2D eigenvalue weighted by Gasteiger charge is -2.08. The van der Waals surface area contributed by atoms with E-state index in [0.717, 1.165) is 12.8 Å². The van der Waals surface area contributed by atoms with Gasteiger partial charge >= 0.3 is 0 Å². The Morgan fingerprint density at radius 3 is 2.40 bits per heavy atom. The second kappa shape index (κ2) is 8.73. The van der Waals surface area contributed by atoms with Crippen LogP contribution in [0.4, 0.5) is 4.39 Å². The summed E-state index contributed by atoms with van der Waals surface area (Å²) in [5, 5.41) is 2.61. The molecule has 0 aliphatic rings. The molecule has 1 amide bonds. The Bertz CT molecular complexity index is 820. The van der Waals surface area contributed by atoms with Gasteiger partial charge in [-0.15, -0.1) is 0 Å². The summed E-state index contributed by atoms with van der Waals surface area (Å²) in [4.78, 5) is 12.2. The van der Waals surface area contributed by atoms with Gasteiger partial charge in [0.05, 0.1) is 4.90 Å². The standard InChI is InChI=1S/C18H21FN2O3S/c1-2-3-12-21-25(23,24)16-10-8-14(9-11-16)18(22)20-13-15-6-4-5-7-17(15)19/h4-11,21H,2-3,12-13H2,1H3,(H,20,22). The van der Waals surface area contributed by atoms with Crippen LogP contribution in [-0.4, -0.2) is 20.9 Å². The molecular weight excluding hydrogens is 343 g/mol. The van der Waals surface area contributed by atoms with Crippen LogP contribution in [0.15, 0.2) is 53.4 Å². The van der Waals surface area contributed by atoms with Gasteiger partial charge in [-0.2, -0.15) is 0 Å². The predicted molar refractivity (Wildman–Crippen MR) is 94.1 cm³/mol. The highest BCUT2D eigenvalue weighted by atomic mass is 32.2. The number of rotatable bonds is 8. The van der Waals surface area contributed by atoms with Crippen molar-refractivity contribution in [2.75, 3.05) is 6.54 Å². The van der Waals surface area contributed by atoms with Crippen molar-refractivity contribution in [1.82, 2.24) is 10.0 Å². The van der Waals surface area contributed by atoms with Gasteiger partial charge in [0.2, 0.25) is 10.0 Å². The number of sulfonamides is 1. The molecule has 0 unspecified atom stereocenters. The van der Waals surface area contributed by atoms with Gasteiger partial charge in [-0.1, -0.05) is 31.5 Å². The minimum absolute atomic E-state index is 0.0597. The number of hydrogen-bond donors (Lipinski definition) is 2. The Morgan fingerprint density at radius 2 is 1.76 bits per heavy atom. The molecule has 2 N–H and O–H groups in total. The first-order valence-corrected chi connectivity index (χ1v) is 9.53. The predicted octanol–water partition coefficient (Wildman–Crippen LogP) is 2.83. The maximum Gasteiger partial charge on any atom is 0.251 e. The summed E-state index contributed by atoms with van der Waals surface area (Å²) < 4.78 is 40.2. The fourth-order valence-corrected chi connectivity index (χ4v) is 3.25. The van der Waals surface area contributed by atoms with Crippen LogP contribution >= 0.6 is 0 Å². The van der Waals surface area contributed by atoms with Gasteiger partial charge in [0.15, 0.2) is 0 Å². The Morgan fingerprint density at radius 1 is 1.08 bits per heavy atom. The lowest BCUT2D eigenvalue weighted by atomic mass is 10.2. The molecule has 0 saturated heterocycles. The molecule has 0 aliphatic carbocycles. The number of nitrogens with one attached hydrogen (secondary N) is 2. The molecule has 0 atom stereocenters. The van der Waals surface area contributed by atoms with Crippen LogP contribution in [0.25, 0.3) is 0 Å². The average molecular weight is 364 g/mol. The molecule has 0 radical (unpaired) electrons. The number of carbonyl (C=O) groups excluding carboxylic acids is 1. The highest BCUT2D eigenvalue weighted by molar-refractivity contribution is 7.89. The minimum Gasteiger partial charge on any atom is -0.348 e. The topological polar surface area (TPSA) is 75.3 Å². The van der Waals surface area contributed by atoms with E-state index in [1.54, 1.807) is 18.2 Å². The molecule has 0 fully saturated rings. The van der Waals surface area contributed by atoms with Crippen LogP contribution in [0.5, 0.6) is 0 Å². The molecule has 2 aromatic carbocycles. The molecule has 25 heavy (non-hydrogen) atoms. The van der Waals surface area contributed by atoms with Gasteiger partial charge in [0.25, 0.3) is 5.91 Å². The van der Waals surface area contributed by atoms with Gasteiger partial charge in [-0.25, -0.2) is 17.5 Å². The lowest BCUT2D eigenvalue weighted by Crippen LogP contribution is -2.25. The second-order valence-corrected chi connectivity index (χ2v) is 7.32. The third-order valence-electron chi connectivity index (χ3n) is 3.65. The van der Waals surface area contributed by atoms with Gasteiger partial charge in [0, 0.05) is 24.2 Å². The third kappa shape index (κ3) is 5.37. The van der Waals surface area contributed by atoms with Crippen molar-refractivity contribution < 1.29 is 17.6 Å². The van der Waals surface area contributed by atoms with Crippen LogP contribution < -0.4 is 10.0 Å². The van der Waals surface area contributed by atoms with E-state index in [2.05, 4.69) is 10.0 Å². The third-order valence-corrected chi connectivity index (χ3v) is 5.12. The van der Waals surface area contributed by atoms with E-state index in [4.69, 9.17) is 0 Å². The highest BCUT2D eigenvalue weighted by Crippen LogP contribution is 2.11. The van der Waals surface area contributed by atoms with Crippen molar-refractivity contribution in [3.05, 3.63) is 65.5 Å². The van der Waals surface area contributed by atoms with Crippen molar-refractivity contribution in [2.24, 2.45) is 0 Å². The highest BCUT2D eigenvalue weighted by Gasteiger charge is 2.14. The largest absolute Gasteiger partial charge is 0.348 e. The lowest BCUT2D eigenvalue weighted by molar-refractivity contribution is 0.0950. The van der Waals surface area contributed by atoms with E-state index in [-0.39, 0.29) is 17.3 Å². The Balaban J connectivity index is 1.99. The van der Waals surface area contributed by atoms with Gasteiger partial charge in [-0.05, 0) is 36.8 Å². The zero-order valence-electron chi connectivity index (χ0n) is 14.0. The number of unbranched alkanes of at least 4 members (excludes halogenated alkanes) is 1. The van der Waals surface area contributed by atoms with E-state index in [0.29, 0.717) is 17.7 Å². The summed E-state index contributed by atoms with van der Waals surface area (Å²) in [6.45, 7) is 2.41. The first kappa shape index (κ1) is 19.1. The van der Waals surface area contributed by atoms with Crippen LogP contribution in [0.2, 0.25) is 0 Å². The molecule has 0 aliphatic heterocycles. The van der Waals surface area contributed by atoms with E-state index in [1.165, 1.54) is 30.3 Å². The van der Waals surface area contributed by atoms with E-state index < -0.39 is 15.9 Å². The Hall–Kier alpha value is -2.25. The van der Waals surface area contributed by atoms with Crippen LogP contribution in [0, 0.1) is 5.82 Å². The normalized spacial score (nSPS) is 11.3. The molecule has 0 saturated carbocycles. The van der Waals surface area contributed by atoms with Crippen molar-refractivity contribution >= 4 is 15.9 Å². The molecule has 0 heterocycles. The average Bonchev–Trinajstić information content (AvgIpc) is 2.61. The number of carbonyl (C=O) groups is 1. The number of hydrogen-bond acceptors (Lipinski definition) is 3. The number of amides is 1. The molecule has 134 valence electrons. The molecule has 5 nitrogen and oxygen atoms in total. The summed E-state index contributed by atoms with van der Waals surface area (Å²) in [6, 6.07) is 11.8. The van der Waals surface area contributed by atoms with Gasteiger partial charge in [0.1, 0.15) is 5.82 Å². The van der Waals surface area contributed by atoms with Crippen LogP contribution in [-0.2, 0) is 16.6 Å². The van der Waals surface area contributed by atoms with Crippen LogP contribution in [0.3, 0.4) is 0 Å². The first-order valence-electron chi connectivity index (χ1n) is 8.05. The molecule has 2 rings (SSSR count). The Kier molecular flexibility index (Phi) is 6.66. The summed E-state index contributed by atoms with van der Waals surface area (Å²) in [5.74, 6) is -0.784. The summed E-state index contributed by atoms with van der Waals surface area (Å²) in [6.07, 6.45) is 1.65. The zero-order valence-corrected chi connectivity index (χ0v) is 14.8. The van der Waals surface area contributed by atoms with E-state index in [1.807, 2.05) is 6.92 Å². The number of benzene rings is 2. The van der Waals surface area contributed by atoms with Crippen molar-refractivity contribution in [3.63, 3.8) is 0 Å². The summed E-state index contributed by atoms with van der Waals surface area (Å²) in [7, 11) is -3.57. The monoisotopic (exact) mass is 364 g/mol. The second-order valence-electron chi connectivity index (χ2n) is 5.55. The fourth-order valence-electron chi connectivity index (χ4n) is 2.17. The molecular formula is C18H21FN2O3S. The maximum atomic E-state index is 13.5. The molecule has 2 aromatic rings. The summed E-state index contributed by atoms with van der Waals surface area (Å²) >= 11 is 0.